The Morgan fingerprint density at radius 2 is 1.76 bits per heavy atom. The second kappa shape index (κ2) is 7.04. The molecule has 0 saturated heterocycles. The number of nitrogens with zero attached hydrogens (tertiary/aromatic N) is 1. The molecular formula is C23H37NO. The maximum atomic E-state index is 6.86. The number of rotatable bonds is 8. The lowest BCUT2D eigenvalue weighted by Gasteiger charge is -2.49. The zero-order valence-corrected chi connectivity index (χ0v) is 17.0. The summed E-state index contributed by atoms with van der Waals surface area (Å²) in [7, 11) is 0. The normalized spacial score (nSPS) is 33.3. The Bertz CT molecular complexity index is 565. The first-order valence-corrected chi connectivity index (χ1v) is 10.3. The maximum Gasteiger partial charge on any atom is 0.0992 e. The molecular weight excluding hydrogens is 306 g/mol. The molecule has 0 aromatic heterocycles. The molecule has 2 saturated carbocycles. The van der Waals surface area contributed by atoms with Crippen LogP contribution < -0.4 is 0 Å². The van der Waals surface area contributed by atoms with Gasteiger partial charge in [0.1, 0.15) is 0 Å². The first-order chi connectivity index (χ1) is 11.9. The predicted octanol–water partition coefficient (Wildman–Crippen LogP) is 5.48. The lowest BCUT2D eigenvalue weighted by atomic mass is 9.62. The second-order valence-corrected chi connectivity index (χ2v) is 8.92. The van der Waals surface area contributed by atoms with Gasteiger partial charge >= 0.3 is 0 Å². The highest BCUT2D eigenvalue weighted by molar-refractivity contribution is 5.32. The highest BCUT2D eigenvalue weighted by atomic mass is 16.5. The lowest BCUT2D eigenvalue weighted by molar-refractivity contribution is -0.147. The molecule has 140 valence electrons. The van der Waals surface area contributed by atoms with E-state index < -0.39 is 0 Å². The Morgan fingerprint density at radius 1 is 1.08 bits per heavy atom. The molecule has 0 spiro atoms. The van der Waals surface area contributed by atoms with E-state index in [9.17, 15) is 0 Å². The zero-order valence-electron chi connectivity index (χ0n) is 17.0. The van der Waals surface area contributed by atoms with Gasteiger partial charge in [-0.25, -0.2) is 0 Å². The number of hydrogen-bond acceptors (Lipinski definition) is 2. The Hall–Kier alpha value is -0.860. The van der Waals surface area contributed by atoms with Gasteiger partial charge in [0.2, 0.25) is 0 Å². The molecule has 1 aromatic rings. The molecule has 0 heterocycles. The Kier molecular flexibility index (Phi) is 5.33. The summed E-state index contributed by atoms with van der Waals surface area (Å²) in [6, 6.07) is 11.1. The summed E-state index contributed by atoms with van der Waals surface area (Å²) in [6.45, 7) is 16.2. The third kappa shape index (κ3) is 2.86. The van der Waals surface area contributed by atoms with Gasteiger partial charge in [-0.05, 0) is 55.7 Å². The topological polar surface area (TPSA) is 12.5 Å². The summed E-state index contributed by atoms with van der Waals surface area (Å²) in [5, 5.41) is 0. The van der Waals surface area contributed by atoms with Crippen LogP contribution in [-0.4, -0.2) is 31.1 Å². The fraction of sp³-hybridized carbons (Fsp3) is 0.739. The van der Waals surface area contributed by atoms with Gasteiger partial charge in [0.05, 0.1) is 5.60 Å². The van der Waals surface area contributed by atoms with Gasteiger partial charge in [-0.2, -0.15) is 0 Å². The van der Waals surface area contributed by atoms with Gasteiger partial charge in [0.25, 0.3) is 0 Å². The van der Waals surface area contributed by atoms with Crippen LogP contribution in [-0.2, 0) is 10.3 Å². The van der Waals surface area contributed by atoms with Gasteiger partial charge in [-0.3, -0.25) is 0 Å². The zero-order chi connectivity index (χ0) is 18.1. The summed E-state index contributed by atoms with van der Waals surface area (Å²) >= 11 is 0. The van der Waals surface area contributed by atoms with E-state index in [0.717, 1.165) is 38.6 Å². The summed E-state index contributed by atoms with van der Waals surface area (Å²) in [5.41, 5.74) is 1.86. The van der Waals surface area contributed by atoms with Crippen LogP contribution in [0.5, 0.6) is 0 Å². The molecule has 2 aliphatic rings. The summed E-state index contributed by atoms with van der Waals surface area (Å²) in [4.78, 5) is 2.49. The number of hydrogen-bond donors (Lipinski definition) is 0. The largest absolute Gasteiger partial charge is 0.370 e. The summed E-state index contributed by atoms with van der Waals surface area (Å²) in [5.74, 6) is 0.778. The predicted molar refractivity (Wildman–Crippen MR) is 106 cm³/mol. The Labute approximate surface area is 154 Å². The standard InChI is InChI=1S/C23H37NO/c1-6-24(7-2)16-11-17-25-23(19-12-9-8-10-13-19)18-20-14-15-22(23,5)21(20,3)4/h8-10,12-13,20H,6-7,11,14-18H2,1-5H3. The molecule has 2 nitrogen and oxygen atoms in total. The van der Waals surface area contributed by atoms with Crippen molar-refractivity contribution in [3.8, 4) is 0 Å². The third-order valence-corrected chi connectivity index (χ3v) is 7.96. The van der Waals surface area contributed by atoms with Crippen LogP contribution in [0.1, 0.15) is 65.9 Å². The van der Waals surface area contributed by atoms with Crippen LogP contribution in [0.15, 0.2) is 30.3 Å². The van der Waals surface area contributed by atoms with Crippen LogP contribution in [0.25, 0.3) is 0 Å². The summed E-state index contributed by atoms with van der Waals surface area (Å²) < 4.78 is 6.86. The van der Waals surface area contributed by atoms with E-state index in [2.05, 4.69) is 69.9 Å². The molecule has 1 aromatic carbocycles. The number of fused-ring (bicyclic) bond motifs is 2. The highest BCUT2D eigenvalue weighted by Gasteiger charge is 2.69. The molecule has 25 heavy (non-hydrogen) atoms. The van der Waals surface area contributed by atoms with E-state index in [4.69, 9.17) is 4.74 Å². The quantitative estimate of drug-likeness (QED) is 0.580. The molecule has 3 unspecified atom stereocenters. The van der Waals surface area contributed by atoms with Gasteiger partial charge in [-0.15, -0.1) is 0 Å². The number of benzene rings is 1. The van der Waals surface area contributed by atoms with Crippen LogP contribution in [0.3, 0.4) is 0 Å². The van der Waals surface area contributed by atoms with Gasteiger partial charge in [0, 0.05) is 18.6 Å². The van der Waals surface area contributed by atoms with E-state index in [1.807, 2.05) is 0 Å². The van der Waals surface area contributed by atoms with Crippen molar-refractivity contribution in [1.29, 1.82) is 0 Å². The van der Waals surface area contributed by atoms with Crippen molar-refractivity contribution >= 4 is 0 Å². The molecule has 2 fully saturated rings. The molecule has 0 amide bonds. The van der Waals surface area contributed by atoms with Gasteiger partial charge in [-0.1, -0.05) is 65.0 Å². The maximum absolute atomic E-state index is 6.86. The van der Waals surface area contributed by atoms with E-state index in [1.165, 1.54) is 24.8 Å². The molecule has 0 N–H and O–H groups in total. The van der Waals surface area contributed by atoms with Crippen molar-refractivity contribution in [3.63, 3.8) is 0 Å². The first-order valence-electron chi connectivity index (χ1n) is 10.3. The summed E-state index contributed by atoms with van der Waals surface area (Å²) in [6.07, 6.45) is 4.96. The molecule has 2 bridgehead atoms. The molecule has 3 atom stereocenters. The minimum atomic E-state index is -0.107. The fourth-order valence-electron chi connectivity index (χ4n) is 5.77. The van der Waals surface area contributed by atoms with E-state index in [0.29, 0.717) is 5.41 Å². The molecule has 2 aliphatic carbocycles. The SMILES string of the molecule is CCN(CC)CCCOC1(c2ccccc2)CC2CCC1(C)C2(C)C. The monoisotopic (exact) mass is 343 g/mol. The van der Waals surface area contributed by atoms with Crippen molar-refractivity contribution in [3.05, 3.63) is 35.9 Å². The molecule has 0 aliphatic heterocycles. The Balaban J connectivity index is 1.81. The molecule has 3 rings (SSSR count). The van der Waals surface area contributed by atoms with Crippen molar-refractivity contribution in [2.24, 2.45) is 16.7 Å². The minimum Gasteiger partial charge on any atom is -0.370 e. The van der Waals surface area contributed by atoms with Crippen LogP contribution >= 0.6 is 0 Å². The minimum absolute atomic E-state index is 0.107. The fourth-order valence-corrected chi connectivity index (χ4v) is 5.77. The first kappa shape index (κ1) is 18.9. The van der Waals surface area contributed by atoms with Crippen molar-refractivity contribution in [2.45, 2.75) is 65.9 Å². The lowest BCUT2D eigenvalue weighted by Crippen LogP contribution is -2.47. The van der Waals surface area contributed by atoms with Gasteiger partial charge < -0.3 is 9.64 Å². The van der Waals surface area contributed by atoms with E-state index >= 15 is 0 Å². The second-order valence-electron chi connectivity index (χ2n) is 8.92. The Morgan fingerprint density at radius 3 is 2.28 bits per heavy atom. The van der Waals surface area contributed by atoms with Crippen molar-refractivity contribution in [2.75, 3.05) is 26.2 Å². The van der Waals surface area contributed by atoms with Gasteiger partial charge in [0.15, 0.2) is 0 Å². The third-order valence-electron chi connectivity index (χ3n) is 7.96. The number of ether oxygens (including phenoxy) is 1. The molecule has 2 heteroatoms. The van der Waals surface area contributed by atoms with Crippen LogP contribution in [0.4, 0.5) is 0 Å². The smallest absolute Gasteiger partial charge is 0.0992 e. The van der Waals surface area contributed by atoms with Crippen LogP contribution in [0, 0.1) is 16.7 Å². The van der Waals surface area contributed by atoms with Crippen molar-refractivity contribution in [1.82, 2.24) is 4.90 Å². The average Bonchev–Trinajstić information content (AvgIpc) is 2.95. The van der Waals surface area contributed by atoms with Crippen LogP contribution in [0.2, 0.25) is 0 Å². The van der Waals surface area contributed by atoms with E-state index in [1.54, 1.807) is 0 Å². The molecule has 0 radical (unpaired) electrons. The van der Waals surface area contributed by atoms with Crippen molar-refractivity contribution < 1.29 is 4.74 Å². The van der Waals surface area contributed by atoms with E-state index in [-0.39, 0.29) is 11.0 Å². The highest BCUT2D eigenvalue weighted by Crippen LogP contribution is 2.73. The average molecular weight is 344 g/mol.